The fourth-order valence-corrected chi connectivity index (χ4v) is 1.42. The second-order valence-electron chi connectivity index (χ2n) is 3.24. The Balaban J connectivity index is 2.30. The highest BCUT2D eigenvalue weighted by Crippen LogP contribution is 2.21. The molecule has 0 atom stereocenters. The molecule has 1 aliphatic rings. The van der Waals surface area contributed by atoms with Crippen molar-refractivity contribution in [1.29, 1.82) is 0 Å². The van der Waals surface area contributed by atoms with Crippen molar-refractivity contribution in [3.63, 3.8) is 0 Å². The third kappa shape index (κ3) is 3.36. The van der Waals surface area contributed by atoms with Crippen LogP contribution in [0.1, 0.15) is 25.7 Å². The Kier molecular flexibility index (Phi) is 3.75. The number of hydrogen-bond donors (Lipinski definition) is 1. The van der Waals surface area contributed by atoms with Gasteiger partial charge in [0, 0.05) is 0 Å². The Labute approximate surface area is 82.3 Å². The Bertz CT molecular complexity index is 207. The van der Waals surface area contributed by atoms with E-state index in [-0.39, 0.29) is 17.2 Å². The quantitative estimate of drug-likeness (QED) is 0.549. The van der Waals surface area contributed by atoms with Gasteiger partial charge in [-0.3, -0.25) is 0 Å². The van der Waals surface area contributed by atoms with Crippen molar-refractivity contribution in [2.45, 2.75) is 37.9 Å². The fourth-order valence-electron chi connectivity index (χ4n) is 1.38. The van der Waals surface area contributed by atoms with E-state index in [9.17, 15) is 9.90 Å². The molecule has 0 aromatic carbocycles. The monoisotopic (exact) mass is 204 g/mol. The summed E-state index contributed by atoms with van der Waals surface area (Å²) in [5.74, 6) is -0.553. The maximum atomic E-state index is 11.0. The summed E-state index contributed by atoms with van der Waals surface area (Å²) in [7, 11) is 0. The number of carbonyl (C=O) groups is 1. The van der Waals surface area contributed by atoms with Crippen molar-refractivity contribution in [2.24, 2.45) is 0 Å². The molecule has 0 aliphatic heterocycles. The second kappa shape index (κ2) is 4.63. The molecule has 4 heteroatoms. The van der Waals surface area contributed by atoms with Crippen LogP contribution in [-0.2, 0) is 9.53 Å². The summed E-state index contributed by atoms with van der Waals surface area (Å²) in [6, 6.07) is 0. The third-order valence-corrected chi connectivity index (χ3v) is 2.29. The van der Waals surface area contributed by atoms with E-state index < -0.39 is 5.97 Å². The van der Waals surface area contributed by atoms with Crippen LogP contribution >= 0.6 is 11.6 Å². The van der Waals surface area contributed by atoms with Crippen LogP contribution in [0.5, 0.6) is 0 Å². The lowest BCUT2D eigenvalue weighted by molar-refractivity contribution is -0.145. The molecule has 1 fully saturated rings. The molecule has 1 aliphatic carbocycles. The van der Waals surface area contributed by atoms with Crippen LogP contribution in [0.3, 0.4) is 0 Å². The summed E-state index contributed by atoms with van der Waals surface area (Å²) in [5.41, 5.74) is 0. The van der Waals surface area contributed by atoms with Gasteiger partial charge in [-0.15, -0.1) is 0 Å². The normalized spacial score (nSPS) is 28.2. The van der Waals surface area contributed by atoms with Crippen molar-refractivity contribution in [2.75, 3.05) is 0 Å². The van der Waals surface area contributed by atoms with E-state index in [0.29, 0.717) is 25.7 Å². The van der Waals surface area contributed by atoms with E-state index in [1.165, 1.54) is 0 Å². The van der Waals surface area contributed by atoms with Gasteiger partial charge in [0.15, 0.2) is 0 Å². The van der Waals surface area contributed by atoms with E-state index >= 15 is 0 Å². The molecule has 3 nitrogen and oxygen atoms in total. The number of aliphatic hydroxyl groups is 1. The Morgan fingerprint density at radius 3 is 2.38 bits per heavy atom. The highest BCUT2D eigenvalue weighted by molar-refractivity contribution is 6.40. The van der Waals surface area contributed by atoms with E-state index in [4.69, 9.17) is 16.3 Å². The molecule has 74 valence electrons. The predicted molar refractivity (Wildman–Crippen MR) is 49.3 cm³/mol. The minimum Gasteiger partial charge on any atom is -0.458 e. The number of ether oxygens (including phenoxy) is 1. The van der Waals surface area contributed by atoms with Crippen LogP contribution in [0, 0.1) is 0 Å². The van der Waals surface area contributed by atoms with Crippen molar-refractivity contribution < 1.29 is 14.6 Å². The van der Waals surface area contributed by atoms with E-state index in [1.807, 2.05) is 0 Å². The lowest BCUT2D eigenvalue weighted by Gasteiger charge is -2.24. The molecular formula is C9H13ClO3. The minimum atomic E-state index is -0.553. The average molecular weight is 205 g/mol. The van der Waals surface area contributed by atoms with Crippen LogP contribution in [0.15, 0.2) is 11.6 Å². The van der Waals surface area contributed by atoms with Gasteiger partial charge in [0.25, 0.3) is 0 Å². The van der Waals surface area contributed by atoms with Gasteiger partial charge in [0.05, 0.1) is 6.10 Å². The first-order chi connectivity index (χ1) is 6.09. The van der Waals surface area contributed by atoms with Gasteiger partial charge < -0.3 is 9.84 Å². The fraction of sp³-hybridized carbons (Fsp3) is 0.667. The molecule has 0 radical (unpaired) electrons. The lowest BCUT2D eigenvalue weighted by Crippen LogP contribution is -2.26. The van der Waals surface area contributed by atoms with Crippen molar-refractivity contribution in [1.82, 2.24) is 0 Å². The van der Waals surface area contributed by atoms with Crippen molar-refractivity contribution in [3.05, 3.63) is 11.6 Å². The number of esters is 1. The van der Waals surface area contributed by atoms with Gasteiger partial charge in [-0.05, 0) is 25.7 Å². The Morgan fingerprint density at radius 2 is 1.92 bits per heavy atom. The van der Waals surface area contributed by atoms with Crippen LogP contribution in [0.25, 0.3) is 0 Å². The average Bonchev–Trinajstić information content (AvgIpc) is 2.08. The minimum absolute atomic E-state index is 0.0916. The summed E-state index contributed by atoms with van der Waals surface area (Å²) >= 11 is 5.36. The van der Waals surface area contributed by atoms with Crippen LogP contribution in [-0.4, -0.2) is 23.3 Å². The van der Waals surface area contributed by atoms with Crippen LogP contribution in [0.2, 0.25) is 0 Å². The molecule has 1 saturated carbocycles. The van der Waals surface area contributed by atoms with Crippen LogP contribution < -0.4 is 0 Å². The standard InChI is InChI=1S/C9H13ClO3/c1-6(10)9(12)13-8-4-2-7(11)3-5-8/h7-8,11H,1-5H2. The number of rotatable bonds is 2. The summed E-state index contributed by atoms with van der Waals surface area (Å²) in [5, 5.41) is 9.09. The van der Waals surface area contributed by atoms with E-state index in [2.05, 4.69) is 6.58 Å². The molecule has 1 N–H and O–H groups in total. The Hall–Kier alpha value is -0.540. The molecule has 1 rings (SSSR count). The first kappa shape index (κ1) is 10.5. The summed E-state index contributed by atoms with van der Waals surface area (Å²) in [6.45, 7) is 3.28. The van der Waals surface area contributed by atoms with E-state index in [1.54, 1.807) is 0 Å². The van der Waals surface area contributed by atoms with Gasteiger partial charge in [0.1, 0.15) is 11.1 Å². The molecule has 13 heavy (non-hydrogen) atoms. The zero-order valence-corrected chi connectivity index (χ0v) is 8.09. The third-order valence-electron chi connectivity index (χ3n) is 2.14. The summed E-state index contributed by atoms with van der Waals surface area (Å²) in [4.78, 5) is 11.0. The topological polar surface area (TPSA) is 46.5 Å². The molecule has 0 saturated heterocycles. The van der Waals surface area contributed by atoms with E-state index in [0.717, 1.165) is 0 Å². The zero-order chi connectivity index (χ0) is 9.84. The molecule has 0 heterocycles. The molecule has 0 aromatic heterocycles. The number of carbonyl (C=O) groups excluding carboxylic acids is 1. The molecular weight excluding hydrogens is 192 g/mol. The van der Waals surface area contributed by atoms with Crippen LogP contribution in [0.4, 0.5) is 0 Å². The summed E-state index contributed by atoms with van der Waals surface area (Å²) in [6.07, 6.45) is 2.44. The first-order valence-corrected chi connectivity index (χ1v) is 4.71. The highest BCUT2D eigenvalue weighted by Gasteiger charge is 2.22. The van der Waals surface area contributed by atoms with Gasteiger partial charge in [-0.2, -0.15) is 0 Å². The number of hydrogen-bond acceptors (Lipinski definition) is 3. The molecule has 0 unspecified atom stereocenters. The number of halogens is 1. The molecule has 0 spiro atoms. The summed E-state index contributed by atoms with van der Waals surface area (Å²) < 4.78 is 5.02. The molecule has 0 bridgehead atoms. The molecule has 0 aromatic rings. The predicted octanol–water partition coefficient (Wildman–Crippen LogP) is 1.59. The van der Waals surface area contributed by atoms with Crippen molar-refractivity contribution in [3.8, 4) is 0 Å². The van der Waals surface area contributed by atoms with Gasteiger partial charge >= 0.3 is 5.97 Å². The number of aliphatic hydroxyl groups excluding tert-OH is 1. The maximum absolute atomic E-state index is 11.0. The van der Waals surface area contributed by atoms with Gasteiger partial charge in [0.2, 0.25) is 0 Å². The first-order valence-electron chi connectivity index (χ1n) is 4.33. The maximum Gasteiger partial charge on any atom is 0.349 e. The lowest BCUT2D eigenvalue weighted by atomic mass is 9.95. The second-order valence-corrected chi connectivity index (χ2v) is 3.70. The van der Waals surface area contributed by atoms with Gasteiger partial charge in [-0.1, -0.05) is 18.2 Å². The smallest absolute Gasteiger partial charge is 0.349 e. The zero-order valence-electron chi connectivity index (χ0n) is 7.33. The van der Waals surface area contributed by atoms with Crippen molar-refractivity contribution >= 4 is 17.6 Å². The Morgan fingerprint density at radius 1 is 1.38 bits per heavy atom. The van der Waals surface area contributed by atoms with Gasteiger partial charge in [-0.25, -0.2) is 4.79 Å². The molecule has 0 amide bonds. The highest BCUT2D eigenvalue weighted by atomic mass is 35.5. The largest absolute Gasteiger partial charge is 0.458 e. The SMILES string of the molecule is C=C(Cl)C(=O)OC1CCC(O)CC1.